The number of nitrogens with zero attached hydrogens (tertiary/aromatic N) is 2. The Morgan fingerprint density at radius 3 is 2.26 bits per heavy atom. The lowest BCUT2D eigenvalue weighted by molar-refractivity contribution is 0.0640. The Bertz CT molecular complexity index is 618. The molecule has 2 fully saturated rings. The molecule has 2 saturated heterocycles. The van der Waals surface area contributed by atoms with Crippen LogP contribution in [-0.4, -0.2) is 50.3 Å². The minimum Gasteiger partial charge on any atom is -0.303 e. The normalized spacial score (nSPS) is 26.3. The van der Waals surface area contributed by atoms with Crippen molar-refractivity contribution in [3.05, 3.63) is 28.7 Å². The van der Waals surface area contributed by atoms with Gasteiger partial charge in [0.05, 0.1) is 4.90 Å². The molecule has 0 N–H and O–H groups in total. The molecule has 0 spiro atoms. The number of hydrogen-bond acceptors (Lipinski definition) is 3. The molecule has 3 rings (SSSR count). The van der Waals surface area contributed by atoms with Gasteiger partial charge in [-0.05, 0) is 55.5 Å². The first kappa shape index (κ1) is 17.4. The second-order valence-corrected chi connectivity index (χ2v) is 9.71. The van der Waals surface area contributed by atoms with Gasteiger partial charge in [-0.1, -0.05) is 29.3 Å². The highest BCUT2D eigenvalue weighted by Crippen LogP contribution is 2.32. The van der Waals surface area contributed by atoms with Crippen molar-refractivity contribution in [3.8, 4) is 0 Å². The summed E-state index contributed by atoms with van der Waals surface area (Å²) in [6.07, 6.45) is 3.63. The van der Waals surface area contributed by atoms with Crippen molar-refractivity contribution in [2.24, 2.45) is 11.8 Å². The first-order valence-corrected chi connectivity index (χ1v) is 10.7. The van der Waals surface area contributed by atoms with Gasteiger partial charge < -0.3 is 4.90 Å². The number of sulfonamides is 1. The van der Waals surface area contributed by atoms with Gasteiger partial charge in [-0.25, -0.2) is 8.42 Å². The summed E-state index contributed by atoms with van der Waals surface area (Å²) in [5.41, 5.74) is 0. The number of benzene rings is 1. The molecular formula is C17H25BrN2O2S. The zero-order valence-electron chi connectivity index (χ0n) is 13.6. The van der Waals surface area contributed by atoms with Crippen LogP contribution in [0.15, 0.2) is 33.6 Å². The first-order valence-electron chi connectivity index (χ1n) is 8.47. The predicted molar refractivity (Wildman–Crippen MR) is 95.8 cm³/mol. The maximum atomic E-state index is 12.9. The molecule has 2 atom stereocenters. The number of likely N-dealkylation sites (tertiary alicyclic amines) is 1. The van der Waals surface area contributed by atoms with Crippen LogP contribution < -0.4 is 0 Å². The molecular weight excluding hydrogens is 376 g/mol. The van der Waals surface area contributed by atoms with Crippen LogP contribution in [0.4, 0.5) is 0 Å². The van der Waals surface area contributed by atoms with Crippen molar-refractivity contribution in [1.29, 1.82) is 0 Å². The fraction of sp³-hybridized carbons (Fsp3) is 0.647. The quantitative estimate of drug-likeness (QED) is 0.761. The lowest BCUT2D eigenvalue weighted by Gasteiger charge is -2.45. The van der Waals surface area contributed by atoms with Gasteiger partial charge in [0.1, 0.15) is 0 Å². The van der Waals surface area contributed by atoms with E-state index in [0.29, 0.717) is 29.8 Å². The van der Waals surface area contributed by atoms with Crippen LogP contribution in [0.5, 0.6) is 0 Å². The highest BCUT2D eigenvalue weighted by molar-refractivity contribution is 9.10. The summed E-state index contributed by atoms with van der Waals surface area (Å²) in [7, 11) is -3.36. The van der Waals surface area contributed by atoms with Gasteiger partial charge in [0.15, 0.2) is 0 Å². The summed E-state index contributed by atoms with van der Waals surface area (Å²) in [6, 6.07) is 6.98. The molecule has 1 aromatic carbocycles. The Balaban J connectivity index is 1.70. The van der Waals surface area contributed by atoms with E-state index in [1.54, 1.807) is 28.6 Å². The molecule has 6 heteroatoms. The van der Waals surface area contributed by atoms with Gasteiger partial charge in [-0.3, -0.25) is 0 Å². The van der Waals surface area contributed by atoms with Crippen molar-refractivity contribution in [2.75, 3.05) is 32.7 Å². The van der Waals surface area contributed by atoms with Crippen molar-refractivity contribution in [2.45, 2.75) is 31.1 Å². The van der Waals surface area contributed by atoms with Crippen LogP contribution in [0.3, 0.4) is 0 Å². The van der Waals surface area contributed by atoms with Crippen molar-refractivity contribution >= 4 is 26.0 Å². The van der Waals surface area contributed by atoms with Crippen LogP contribution in [0.25, 0.3) is 0 Å². The molecule has 2 bridgehead atoms. The van der Waals surface area contributed by atoms with Gasteiger partial charge in [0, 0.05) is 30.7 Å². The van der Waals surface area contributed by atoms with E-state index in [9.17, 15) is 8.42 Å². The van der Waals surface area contributed by atoms with E-state index < -0.39 is 10.0 Å². The van der Waals surface area contributed by atoms with Gasteiger partial charge in [-0.2, -0.15) is 4.31 Å². The Hall–Kier alpha value is -0.430. The highest BCUT2D eigenvalue weighted by atomic mass is 79.9. The van der Waals surface area contributed by atoms with Crippen LogP contribution in [-0.2, 0) is 10.0 Å². The van der Waals surface area contributed by atoms with Crippen LogP contribution >= 0.6 is 15.9 Å². The fourth-order valence-corrected chi connectivity index (χ4v) is 5.71. The van der Waals surface area contributed by atoms with E-state index in [-0.39, 0.29) is 0 Å². The minimum absolute atomic E-state index is 0.406. The Labute approximate surface area is 148 Å². The SMILES string of the molecule is CCCCN1CC2CC(C1)CN(S(=O)(=O)c1ccc(Br)cc1)C2. The van der Waals surface area contributed by atoms with Crippen molar-refractivity contribution in [3.63, 3.8) is 0 Å². The lowest BCUT2D eigenvalue weighted by atomic mass is 9.86. The van der Waals surface area contributed by atoms with Crippen molar-refractivity contribution < 1.29 is 8.42 Å². The number of hydrogen-bond donors (Lipinski definition) is 0. The van der Waals surface area contributed by atoms with E-state index in [1.807, 2.05) is 0 Å². The van der Waals surface area contributed by atoms with Gasteiger partial charge in [-0.15, -0.1) is 0 Å². The van der Waals surface area contributed by atoms with Gasteiger partial charge >= 0.3 is 0 Å². The highest BCUT2D eigenvalue weighted by Gasteiger charge is 2.38. The zero-order valence-corrected chi connectivity index (χ0v) is 16.0. The number of halogens is 1. The molecule has 0 aromatic heterocycles. The number of unbranched alkanes of at least 4 members (excludes halogenated alkanes) is 1. The minimum atomic E-state index is -3.36. The van der Waals surface area contributed by atoms with Gasteiger partial charge in [0.25, 0.3) is 0 Å². The molecule has 1 aromatic rings. The molecule has 0 amide bonds. The largest absolute Gasteiger partial charge is 0.303 e. The molecule has 0 radical (unpaired) electrons. The molecule has 2 aliphatic heterocycles. The topological polar surface area (TPSA) is 40.6 Å². The third-order valence-electron chi connectivity index (χ3n) is 4.90. The molecule has 2 aliphatic rings. The summed E-state index contributed by atoms with van der Waals surface area (Å²) < 4.78 is 28.4. The number of piperidine rings is 2. The summed E-state index contributed by atoms with van der Waals surface area (Å²) >= 11 is 3.36. The molecule has 4 nitrogen and oxygen atoms in total. The van der Waals surface area contributed by atoms with Crippen LogP contribution in [0, 0.1) is 11.8 Å². The predicted octanol–water partition coefficient (Wildman–Crippen LogP) is 3.19. The zero-order chi connectivity index (χ0) is 16.4. The van der Waals surface area contributed by atoms with Crippen molar-refractivity contribution in [1.82, 2.24) is 9.21 Å². The Morgan fingerprint density at radius 2 is 1.70 bits per heavy atom. The van der Waals surface area contributed by atoms with Crippen LogP contribution in [0.1, 0.15) is 26.2 Å². The standard InChI is InChI=1S/C17H25BrN2O2S/c1-2-3-8-19-10-14-9-15(11-19)13-20(12-14)23(21,22)17-6-4-16(18)5-7-17/h4-7,14-15H,2-3,8-13H2,1H3. The Kier molecular flexibility index (Phi) is 5.46. The first-order chi connectivity index (χ1) is 11.0. The van der Waals surface area contributed by atoms with E-state index in [1.165, 1.54) is 19.3 Å². The third kappa shape index (κ3) is 3.98. The maximum absolute atomic E-state index is 12.9. The fourth-order valence-electron chi connectivity index (χ4n) is 3.86. The molecule has 2 unspecified atom stereocenters. The second-order valence-electron chi connectivity index (χ2n) is 6.86. The lowest BCUT2D eigenvalue weighted by Crippen LogP contribution is -2.54. The molecule has 23 heavy (non-hydrogen) atoms. The monoisotopic (exact) mass is 400 g/mol. The second kappa shape index (κ2) is 7.21. The molecule has 0 saturated carbocycles. The average molecular weight is 401 g/mol. The summed E-state index contributed by atoms with van der Waals surface area (Å²) in [5, 5.41) is 0. The van der Waals surface area contributed by atoms with Crippen LogP contribution in [0.2, 0.25) is 0 Å². The smallest absolute Gasteiger partial charge is 0.243 e. The van der Waals surface area contributed by atoms with E-state index >= 15 is 0 Å². The maximum Gasteiger partial charge on any atom is 0.243 e. The summed E-state index contributed by atoms with van der Waals surface area (Å²) in [5.74, 6) is 0.953. The Morgan fingerprint density at radius 1 is 1.09 bits per heavy atom. The molecule has 128 valence electrons. The van der Waals surface area contributed by atoms with E-state index in [4.69, 9.17) is 0 Å². The average Bonchev–Trinajstić information content (AvgIpc) is 2.52. The third-order valence-corrected chi connectivity index (χ3v) is 7.28. The number of rotatable bonds is 5. The van der Waals surface area contributed by atoms with E-state index in [2.05, 4.69) is 27.8 Å². The number of fused-ring (bicyclic) bond motifs is 2. The molecule has 0 aliphatic carbocycles. The van der Waals surface area contributed by atoms with Gasteiger partial charge in [0.2, 0.25) is 10.0 Å². The summed E-state index contributed by atoms with van der Waals surface area (Å²) in [4.78, 5) is 2.94. The molecule has 2 heterocycles. The summed E-state index contributed by atoms with van der Waals surface area (Å²) in [6.45, 7) is 6.79. The van der Waals surface area contributed by atoms with E-state index in [0.717, 1.165) is 24.1 Å².